The number of nitrogens with one attached hydrogen (secondary N) is 1. The second-order valence-corrected chi connectivity index (χ2v) is 4.04. The van der Waals surface area contributed by atoms with Gasteiger partial charge in [-0.15, -0.1) is 0 Å². The van der Waals surface area contributed by atoms with E-state index in [0.717, 1.165) is 18.9 Å². The van der Waals surface area contributed by atoms with Gasteiger partial charge < -0.3 is 10.2 Å². The molecule has 0 atom stereocenters. The molecular formula is C12H21N3. The number of nitrogens with zero attached hydrogens (tertiary/aromatic N) is 2. The molecule has 0 aromatic carbocycles. The van der Waals surface area contributed by atoms with Crippen molar-refractivity contribution in [3.63, 3.8) is 0 Å². The van der Waals surface area contributed by atoms with E-state index >= 15 is 0 Å². The average molecular weight is 207 g/mol. The molecule has 84 valence electrons. The van der Waals surface area contributed by atoms with Gasteiger partial charge in [0.15, 0.2) is 0 Å². The Morgan fingerprint density at radius 2 is 2.20 bits per heavy atom. The van der Waals surface area contributed by atoms with Gasteiger partial charge in [0.05, 0.1) is 0 Å². The second kappa shape index (κ2) is 5.71. The number of anilines is 1. The standard InChI is InChI=1S/C12H21N3/c1-5-15(4)12-11(7-6-8-13-12)9-14-10(2)3/h6-8,10,14H,5,9H2,1-4H3. The van der Waals surface area contributed by atoms with Crippen molar-refractivity contribution < 1.29 is 0 Å². The molecule has 0 bridgehead atoms. The number of pyridine rings is 1. The minimum Gasteiger partial charge on any atom is -0.360 e. The normalized spacial score (nSPS) is 10.7. The third-order valence-electron chi connectivity index (χ3n) is 2.40. The van der Waals surface area contributed by atoms with Crippen LogP contribution >= 0.6 is 0 Å². The summed E-state index contributed by atoms with van der Waals surface area (Å²) in [6.45, 7) is 8.30. The van der Waals surface area contributed by atoms with Crippen LogP contribution in [-0.4, -0.2) is 24.6 Å². The number of hydrogen-bond donors (Lipinski definition) is 1. The summed E-state index contributed by atoms with van der Waals surface area (Å²) in [5, 5.41) is 3.41. The van der Waals surface area contributed by atoms with E-state index in [4.69, 9.17) is 0 Å². The molecule has 0 spiro atoms. The van der Waals surface area contributed by atoms with E-state index in [1.54, 1.807) is 0 Å². The van der Waals surface area contributed by atoms with Gasteiger partial charge >= 0.3 is 0 Å². The molecule has 0 aliphatic heterocycles. The van der Waals surface area contributed by atoms with Gasteiger partial charge in [-0.3, -0.25) is 0 Å². The van der Waals surface area contributed by atoms with Gasteiger partial charge in [-0.25, -0.2) is 4.98 Å². The van der Waals surface area contributed by atoms with Crippen molar-refractivity contribution in [1.29, 1.82) is 0 Å². The van der Waals surface area contributed by atoms with E-state index in [1.165, 1.54) is 5.56 Å². The lowest BCUT2D eigenvalue weighted by Gasteiger charge is -2.19. The van der Waals surface area contributed by atoms with E-state index in [1.807, 2.05) is 12.3 Å². The van der Waals surface area contributed by atoms with Crippen LogP contribution in [0.3, 0.4) is 0 Å². The zero-order valence-electron chi connectivity index (χ0n) is 10.1. The molecule has 0 amide bonds. The predicted molar refractivity (Wildman–Crippen MR) is 65.2 cm³/mol. The monoisotopic (exact) mass is 207 g/mol. The molecule has 1 rings (SSSR count). The molecule has 0 saturated heterocycles. The molecule has 0 saturated carbocycles. The summed E-state index contributed by atoms with van der Waals surface area (Å²) in [4.78, 5) is 6.58. The Labute approximate surface area is 92.5 Å². The molecule has 3 nitrogen and oxygen atoms in total. The number of rotatable bonds is 5. The van der Waals surface area contributed by atoms with Crippen LogP contribution in [0.1, 0.15) is 26.3 Å². The van der Waals surface area contributed by atoms with E-state index < -0.39 is 0 Å². The van der Waals surface area contributed by atoms with E-state index in [2.05, 4.69) is 49.1 Å². The first-order valence-electron chi connectivity index (χ1n) is 5.53. The molecule has 1 N–H and O–H groups in total. The minimum atomic E-state index is 0.505. The lowest BCUT2D eigenvalue weighted by molar-refractivity contribution is 0.587. The lowest BCUT2D eigenvalue weighted by Crippen LogP contribution is -2.25. The molecule has 0 radical (unpaired) electrons. The van der Waals surface area contributed by atoms with Crippen LogP contribution < -0.4 is 10.2 Å². The first-order chi connectivity index (χ1) is 7.15. The SMILES string of the molecule is CCN(C)c1ncccc1CNC(C)C. The molecule has 0 aliphatic carbocycles. The highest BCUT2D eigenvalue weighted by Gasteiger charge is 2.06. The summed E-state index contributed by atoms with van der Waals surface area (Å²) in [7, 11) is 2.07. The fraction of sp³-hybridized carbons (Fsp3) is 0.583. The third kappa shape index (κ3) is 3.51. The highest BCUT2D eigenvalue weighted by atomic mass is 15.2. The highest BCUT2D eigenvalue weighted by Crippen LogP contribution is 2.15. The van der Waals surface area contributed by atoms with Crippen molar-refractivity contribution in [3.8, 4) is 0 Å². The average Bonchev–Trinajstić information content (AvgIpc) is 2.25. The van der Waals surface area contributed by atoms with Gasteiger partial charge in [-0.1, -0.05) is 19.9 Å². The van der Waals surface area contributed by atoms with Crippen LogP contribution in [-0.2, 0) is 6.54 Å². The quantitative estimate of drug-likeness (QED) is 0.801. The van der Waals surface area contributed by atoms with Crippen LogP contribution in [0, 0.1) is 0 Å². The Morgan fingerprint density at radius 1 is 1.47 bits per heavy atom. The summed E-state index contributed by atoms with van der Waals surface area (Å²) in [5.41, 5.74) is 1.26. The largest absolute Gasteiger partial charge is 0.360 e. The van der Waals surface area contributed by atoms with Crippen LogP contribution in [0.5, 0.6) is 0 Å². The van der Waals surface area contributed by atoms with Crippen molar-refractivity contribution in [2.24, 2.45) is 0 Å². The maximum absolute atomic E-state index is 4.41. The summed E-state index contributed by atoms with van der Waals surface area (Å²) < 4.78 is 0. The molecule has 0 unspecified atom stereocenters. The first kappa shape index (κ1) is 12.0. The van der Waals surface area contributed by atoms with Gasteiger partial charge in [0.25, 0.3) is 0 Å². The Hall–Kier alpha value is -1.09. The van der Waals surface area contributed by atoms with Crippen LogP contribution in [0.4, 0.5) is 5.82 Å². The molecular weight excluding hydrogens is 186 g/mol. The Kier molecular flexibility index (Phi) is 4.56. The summed E-state index contributed by atoms with van der Waals surface area (Å²) in [5.74, 6) is 1.08. The Balaban J connectivity index is 2.77. The molecule has 3 heteroatoms. The summed E-state index contributed by atoms with van der Waals surface area (Å²) in [6.07, 6.45) is 1.85. The van der Waals surface area contributed by atoms with E-state index in [9.17, 15) is 0 Å². The van der Waals surface area contributed by atoms with Gasteiger partial charge in [0.1, 0.15) is 5.82 Å². The van der Waals surface area contributed by atoms with E-state index in [0.29, 0.717) is 6.04 Å². The highest BCUT2D eigenvalue weighted by molar-refractivity contribution is 5.45. The van der Waals surface area contributed by atoms with Crippen molar-refractivity contribution in [1.82, 2.24) is 10.3 Å². The van der Waals surface area contributed by atoms with Crippen molar-refractivity contribution in [2.45, 2.75) is 33.4 Å². The zero-order chi connectivity index (χ0) is 11.3. The third-order valence-corrected chi connectivity index (χ3v) is 2.40. The van der Waals surface area contributed by atoms with Gasteiger partial charge in [0, 0.05) is 37.9 Å². The first-order valence-corrected chi connectivity index (χ1v) is 5.53. The zero-order valence-corrected chi connectivity index (χ0v) is 10.1. The topological polar surface area (TPSA) is 28.2 Å². The maximum Gasteiger partial charge on any atom is 0.132 e. The van der Waals surface area contributed by atoms with Crippen molar-refractivity contribution >= 4 is 5.82 Å². The fourth-order valence-electron chi connectivity index (χ4n) is 1.38. The smallest absolute Gasteiger partial charge is 0.132 e. The molecule has 15 heavy (non-hydrogen) atoms. The second-order valence-electron chi connectivity index (χ2n) is 4.04. The molecule has 1 aromatic rings. The van der Waals surface area contributed by atoms with E-state index in [-0.39, 0.29) is 0 Å². The molecule has 0 aliphatic rings. The molecule has 0 fully saturated rings. The van der Waals surface area contributed by atoms with Crippen molar-refractivity contribution in [3.05, 3.63) is 23.9 Å². The minimum absolute atomic E-state index is 0.505. The van der Waals surface area contributed by atoms with Gasteiger partial charge in [0.2, 0.25) is 0 Å². The van der Waals surface area contributed by atoms with Crippen LogP contribution in [0.2, 0.25) is 0 Å². The van der Waals surface area contributed by atoms with Gasteiger partial charge in [-0.05, 0) is 13.0 Å². The van der Waals surface area contributed by atoms with Crippen molar-refractivity contribution in [2.75, 3.05) is 18.5 Å². The molecule has 1 aromatic heterocycles. The Morgan fingerprint density at radius 3 is 2.80 bits per heavy atom. The Bertz CT molecular complexity index is 297. The lowest BCUT2D eigenvalue weighted by atomic mass is 10.2. The fourth-order valence-corrected chi connectivity index (χ4v) is 1.38. The van der Waals surface area contributed by atoms with Gasteiger partial charge in [-0.2, -0.15) is 0 Å². The number of hydrogen-bond acceptors (Lipinski definition) is 3. The molecule has 1 heterocycles. The predicted octanol–water partition coefficient (Wildman–Crippen LogP) is 2.04. The summed E-state index contributed by atoms with van der Waals surface area (Å²) >= 11 is 0. The summed E-state index contributed by atoms with van der Waals surface area (Å²) in [6, 6.07) is 4.62. The van der Waals surface area contributed by atoms with Crippen LogP contribution in [0.25, 0.3) is 0 Å². The maximum atomic E-state index is 4.41. The van der Waals surface area contributed by atoms with Crippen LogP contribution in [0.15, 0.2) is 18.3 Å². The number of aromatic nitrogens is 1.